The highest BCUT2D eigenvalue weighted by atomic mass is 35.5. The molecule has 2 rings (SSSR count). The maximum Gasteiger partial charge on any atom is 0.169 e. The lowest BCUT2D eigenvalue weighted by Crippen LogP contribution is -2.11. The number of nitrogens with two attached hydrogens (primary N) is 2. The number of halogens is 2. The molecule has 0 spiro atoms. The van der Waals surface area contributed by atoms with Crippen LogP contribution in [0, 0.1) is 5.82 Å². The van der Waals surface area contributed by atoms with Gasteiger partial charge in [-0.15, -0.1) is 0 Å². The van der Waals surface area contributed by atoms with Crippen LogP contribution in [0.5, 0.6) is 0 Å². The Morgan fingerprint density at radius 2 is 1.79 bits per heavy atom. The first kappa shape index (κ1) is 13.5. The summed E-state index contributed by atoms with van der Waals surface area (Å²) in [6.07, 6.45) is 0. The molecule has 0 radical (unpaired) electrons. The van der Waals surface area contributed by atoms with Crippen molar-refractivity contribution in [2.75, 3.05) is 16.8 Å². The van der Waals surface area contributed by atoms with E-state index in [1.807, 2.05) is 37.3 Å². The molecule has 1 unspecified atom stereocenters. The molecule has 19 heavy (non-hydrogen) atoms. The molecule has 2 aromatic carbocycles. The number of nitrogens with one attached hydrogen (secondary N) is 1. The average Bonchev–Trinajstić information content (AvgIpc) is 2.42. The van der Waals surface area contributed by atoms with Crippen molar-refractivity contribution < 1.29 is 4.39 Å². The molecule has 0 aliphatic rings. The molecule has 0 aliphatic carbocycles. The van der Waals surface area contributed by atoms with Gasteiger partial charge in [-0.05, 0) is 18.6 Å². The molecular weight excluding hydrogens is 265 g/mol. The summed E-state index contributed by atoms with van der Waals surface area (Å²) in [6, 6.07) is 11.0. The minimum absolute atomic E-state index is 0.0994. The molecule has 0 aromatic heterocycles. The van der Waals surface area contributed by atoms with Crippen LogP contribution in [0.3, 0.4) is 0 Å². The highest BCUT2D eigenvalue weighted by molar-refractivity contribution is 6.33. The Balaban J connectivity index is 2.32. The smallest absolute Gasteiger partial charge is 0.169 e. The topological polar surface area (TPSA) is 64.1 Å². The molecule has 100 valence electrons. The molecule has 1 atom stereocenters. The number of hydrogen-bond donors (Lipinski definition) is 3. The predicted molar refractivity (Wildman–Crippen MR) is 78.7 cm³/mol. The largest absolute Gasteiger partial charge is 0.397 e. The van der Waals surface area contributed by atoms with Crippen LogP contribution >= 0.6 is 11.6 Å². The van der Waals surface area contributed by atoms with Gasteiger partial charge in [-0.3, -0.25) is 0 Å². The number of benzene rings is 2. The maximum absolute atomic E-state index is 14.0. The SMILES string of the molecule is CC(Nc1c(N)cc(N)c(Cl)c1F)c1ccccc1. The minimum Gasteiger partial charge on any atom is -0.397 e. The van der Waals surface area contributed by atoms with E-state index in [4.69, 9.17) is 23.1 Å². The third-order valence-electron chi connectivity index (χ3n) is 2.93. The zero-order chi connectivity index (χ0) is 14.0. The van der Waals surface area contributed by atoms with Crippen molar-refractivity contribution in [1.29, 1.82) is 0 Å². The molecule has 0 saturated carbocycles. The molecule has 3 nitrogen and oxygen atoms in total. The van der Waals surface area contributed by atoms with E-state index in [9.17, 15) is 4.39 Å². The van der Waals surface area contributed by atoms with Crippen LogP contribution in [-0.2, 0) is 0 Å². The van der Waals surface area contributed by atoms with E-state index < -0.39 is 5.82 Å². The second-order valence-corrected chi connectivity index (χ2v) is 4.71. The van der Waals surface area contributed by atoms with Gasteiger partial charge in [0.25, 0.3) is 0 Å². The van der Waals surface area contributed by atoms with Crippen molar-refractivity contribution >= 4 is 28.7 Å². The fourth-order valence-electron chi connectivity index (χ4n) is 1.85. The van der Waals surface area contributed by atoms with Crippen LogP contribution in [0.1, 0.15) is 18.5 Å². The van der Waals surface area contributed by atoms with E-state index in [0.717, 1.165) is 5.56 Å². The second-order valence-electron chi connectivity index (χ2n) is 4.33. The molecule has 0 aliphatic heterocycles. The van der Waals surface area contributed by atoms with Gasteiger partial charge in [0.2, 0.25) is 0 Å². The number of rotatable bonds is 3. The first-order valence-electron chi connectivity index (χ1n) is 5.85. The summed E-state index contributed by atoms with van der Waals surface area (Å²) in [5.74, 6) is -0.623. The molecule has 0 fully saturated rings. The molecular formula is C14H15ClFN3. The number of nitrogen functional groups attached to an aromatic ring is 2. The molecule has 0 bridgehead atoms. The third-order valence-corrected chi connectivity index (χ3v) is 3.31. The van der Waals surface area contributed by atoms with Crippen LogP contribution in [0.25, 0.3) is 0 Å². The Labute approximate surface area is 116 Å². The van der Waals surface area contributed by atoms with Crippen molar-refractivity contribution in [3.8, 4) is 0 Å². The fraction of sp³-hybridized carbons (Fsp3) is 0.143. The summed E-state index contributed by atoms with van der Waals surface area (Å²) in [6.45, 7) is 1.92. The normalized spacial score (nSPS) is 12.2. The first-order chi connectivity index (χ1) is 9.00. The van der Waals surface area contributed by atoms with E-state index in [0.29, 0.717) is 0 Å². The summed E-state index contributed by atoms with van der Waals surface area (Å²) in [4.78, 5) is 0. The number of anilines is 3. The minimum atomic E-state index is -0.623. The van der Waals surface area contributed by atoms with Crippen LogP contribution < -0.4 is 16.8 Å². The van der Waals surface area contributed by atoms with E-state index in [1.54, 1.807) is 0 Å². The van der Waals surface area contributed by atoms with E-state index in [1.165, 1.54) is 6.07 Å². The Hall–Kier alpha value is -1.94. The third kappa shape index (κ3) is 2.74. The summed E-state index contributed by atoms with van der Waals surface area (Å²) in [5, 5.41) is 2.91. The lowest BCUT2D eigenvalue weighted by Gasteiger charge is -2.19. The second kappa shape index (κ2) is 5.36. The van der Waals surface area contributed by atoms with Gasteiger partial charge in [-0.25, -0.2) is 4.39 Å². The quantitative estimate of drug-likeness (QED) is 0.749. The van der Waals surface area contributed by atoms with Gasteiger partial charge in [-0.2, -0.15) is 0 Å². The van der Waals surface area contributed by atoms with Crippen molar-refractivity contribution in [3.63, 3.8) is 0 Å². The van der Waals surface area contributed by atoms with E-state index in [2.05, 4.69) is 5.32 Å². The van der Waals surface area contributed by atoms with Gasteiger partial charge in [0.05, 0.1) is 17.1 Å². The highest BCUT2D eigenvalue weighted by Gasteiger charge is 2.16. The first-order valence-corrected chi connectivity index (χ1v) is 6.23. The standard InChI is InChI=1S/C14H15ClFN3/c1-8(9-5-3-2-4-6-9)19-14-11(18)7-10(17)12(15)13(14)16/h2-8,19H,17-18H2,1H3. The Morgan fingerprint density at radius 1 is 1.16 bits per heavy atom. The van der Waals surface area contributed by atoms with Crippen LogP contribution in [-0.4, -0.2) is 0 Å². The average molecular weight is 280 g/mol. The monoisotopic (exact) mass is 279 g/mol. The Morgan fingerprint density at radius 3 is 2.42 bits per heavy atom. The predicted octanol–water partition coefficient (Wildman–Crippen LogP) is 3.82. The Bertz CT molecular complexity index is 587. The Kier molecular flexibility index (Phi) is 3.81. The van der Waals surface area contributed by atoms with Crippen molar-refractivity contribution in [1.82, 2.24) is 0 Å². The zero-order valence-corrected chi connectivity index (χ0v) is 11.2. The van der Waals surface area contributed by atoms with Gasteiger partial charge in [0.1, 0.15) is 5.02 Å². The summed E-state index contributed by atoms with van der Waals surface area (Å²) >= 11 is 5.79. The van der Waals surface area contributed by atoms with Gasteiger partial charge >= 0.3 is 0 Å². The van der Waals surface area contributed by atoms with Gasteiger partial charge in [-0.1, -0.05) is 41.9 Å². The van der Waals surface area contributed by atoms with Crippen molar-refractivity contribution in [2.45, 2.75) is 13.0 Å². The van der Waals surface area contributed by atoms with Crippen molar-refractivity contribution in [3.05, 3.63) is 52.8 Å². The van der Waals surface area contributed by atoms with E-state index in [-0.39, 0.29) is 28.1 Å². The van der Waals surface area contributed by atoms with Gasteiger partial charge in [0.15, 0.2) is 5.82 Å². The van der Waals surface area contributed by atoms with Crippen molar-refractivity contribution in [2.24, 2.45) is 0 Å². The molecule has 0 amide bonds. The molecule has 5 N–H and O–H groups in total. The van der Waals surface area contributed by atoms with Gasteiger partial charge in [0, 0.05) is 6.04 Å². The maximum atomic E-state index is 14.0. The molecule has 0 saturated heterocycles. The fourth-order valence-corrected chi connectivity index (χ4v) is 2.00. The highest BCUT2D eigenvalue weighted by Crippen LogP contribution is 2.35. The van der Waals surface area contributed by atoms with Gasteiger partial charge < -0.3 is 16.8 Å². The summed E-state index contributed by atoms with van der Waals surface area (Å²) < 4.78 is 14.0. The zero-order valence-electron chi connectivity index (χ0n) is 10.5. The number of hydrogen-bond acceptors (Lipinski definition) is 3. The lowest BCUT2D eigenvalue weighted by molar-refractivity contribution is 0.629. The molecule has 2 aromatic rings. The molecule has 0 heterocycles. The van der Waals surface area contributed by atoms with Crippen LogP contribution in [0.2, 0.25) is 5.02 Å². The molecule has 5 heteroatoms. The summed E-state index contributed by atoms with van der Waals surface area (Å²) in [7, 11) is 0. The lowest BCUT2D eigenvalue weighted by atomic mass is 10.1. The van der Waals surface area contributed by atoms with Crippen LogP contribution in [0.15, 0.2) is 36.4 Å². The summed E-state index contributed by atoms with van der Waals surface area (Å²) in [5.41, 5.74) is 12.9. The van der Waals surface area contributed by atoms with E-state index >= 15 is 0 Å². The van der Waals surface area contributed by atoms with Crippen LogP contribution in [0.4, 0.5) is 21.5 Å².